The molecule has 5 nitrogen and oxygen atoms in total. The van der Waals surface area contributed by atoms with Crippen molar-refractivity contribution < 1.29 is 13.6 Å². The van der Waals surface area contributed by atoms with Crippen LogP contribution in [0.3, 0.4) is 0 Å². The van der Waals surface area contributed by atoms with Crippen molar-refractivity contribution in [2.75, 3.05) is 6.54 Å². The SMILES string of the molecule is Cc1cc(C)n(-c2nc(CCNC(=O)c3ccc(F)c(F)c3)cs2)n1. The Morgan fingerprint density at radius 1 is 1.24 bits per heavy atom. The van der Waals surface area contributed by atoms with Crippen LogP contribution in [0.5, 0.6) is 0 Å². The average Bonchev–Trinajstić information content (AvgIpc) is 3.16. The maximum Gasteiger partial charge on any atom is 0.251 e. The molecule has 8 heteroatoms. The lowest BCUT2D eigenvalue weighted by molar-refractivity contribution is 0.0953. The number of benzene rings is 1. The number of amides is 1. The zero-order valence-electron chi connectivity index (χ0n) is 13.7. The summed E-state index contributed by atoms with van der Waals surface area (Å²) in [6.07, 6.45) is 0.533. The molecule has 0 aliphatic heterocycles. The molecule has 0 bridgehead atoms. The largest absolute Gasteiger partial charge is 0.352 e. The molecule has 25 heavy (non-hydrogen) atoms. The smallest absolute Gasteiger partial charge is 0.251 e. The van der Waals surface area contributed by atoms with Gasteiger partial charge in [-0.3, -0.25) is 4.79 Å². The van der Waals surface area contributed by atoms with E-state index in [2.05, 4.69) is 15.4 Å². The summed E-state index contributed by atoms with van der Waals surface area (Å²) < 4.78 is 27.8. The van der Waals surface area contributed by atoms with Crippen LogP contribution < -0.4 is 5.32 Å². The number of rotatable bonds is 5. The van der Waals surface area contributed by atoms with Crippen molar-refractivity contribution in [2.45, 2.75) is 20.3 Å². The molecule has 0 aliphatic rings. The van der Waals surface area contributed by atoms with Gasteiger partial charge in [0.1, 0.15) is 0 Å². The van der Waals surface area contributed by atoms with Crippen LogP contribution in [-0.2, 0) is 6.42 Å². The van der Waals surface area contributed by atoms with Crippen molar-refractivity contribution in [3.8, 4) is 5.13 Å². The van der Waals surface area contributed by atoms with E-state index in [0.29, 0.717) is 13.0 Å². The minimum atomic E-state index is -1.04. The number of hydrogen-bond acceptors (Lipinski definition) is 4. The molecule has 0 aliphatic carbocycles. The lowest BCUT2D eigenvalue weighted by atomic mass is 10.2. The lowest BCUT2D eigenvalue weighted by Gasteiger charge is -2.04. The number of carbonyl (C=O) groups is 1. The van der Waals surface area contributed by atoms with Crippen molar-refractivity contribution in [3.63, 3.8) is 0 Å². The summed E-state index contributed by atoms with van der Waals surface area (Å²) in [4.78, 5) is 16.4. The fourth-order valence-corrected chi connectivity index (χ4v) is 3.24. The number of halogens is 2. The Morgan fingerprint density at radius 3 is 2.72 bits per heavy atom. The summed E-state index contributed by atoms with van der Waals surface area (Å²) >= 11 is 1.47. The first kappa shape index (κ1) is 17.2. The van der Waals surface area contributed by atoms with E-state index in [0.717, 1.165) is 34.3 Å². The van der Waals surface area contributed by atoms with Crippen LogP contribution in [0.1, 0.15) is 27.4 Å². The van der Waals surface area contributed by atoms with Crippen LogP contribution in [0.15, 0.2) is 29.6 Å². The normalized spacial score (nSPS) is 10.9. The molecule has 3 aromatic rings. The highest BCUT2D eigenvalue weighted by atomic mass is 32.1. The second-order valence-corrected chi connectivity index (χ2v) is 6.43. The van der Waals surface area contributed by atoms with E-state index in [9.17, 15) is 13.6 Å². The highest BCUT2D eigenvalue weighted by Gasteiger charge is 2.11. The van der Waals surface area contributed by atoms with Gasteiger partial charge in [0.2, 0.25) is 5.13 Å². The third-order valence-corrected chi connectivity index (χ3v) is 4.44. The number of aromatic nitrogens is 3. The van der Waals surface area contributed by atoms with Crippen LogP contribution in [0.25, 0.3) is 5.13 Å². The maximum atomic E-state index is 13.2. The standard InChI is InChI=1S/C17H16F2N4OS/c1-10-7-11(2)23(22-10)17-21-13(9-25-17)5-6-20-16(24)12-3-4-14(18)15(19)8-12/h3-4,7-9H,5-6H2,1-2H3,(H,20,24). The Balaban J connectivity index is 1.58. The third kappa shape index (κ3) is 3.90. The van der Waals surface area contributed by atoms with E-state index in [-0.39, 0.29) is 5.56 Å². The summed E-state index contributed by atoms with van der Waals surface area (Å²) in [6, 6.07) is 5.04. The number of nitrogens with one attached hydrogen (secondary N) is 1. The molecule has 0 fully saturated rings. The minimum Gasteiger partial charge on any atom is -0.352 e. The molecule has 0 saturated heterocycles. The van der Waals surface area contributed by atoms with Gasteiger partial charge < -0.3 is 5.32 Å². The Hall–Kier alpha value is -2.61. The lowest BCUT2D eigenvalue weighted by Crippen LogP contribution is -2.25. The van der Waals surface area contributed by atoms with Gasteiger partial charge in [-0.2, -0.15) is 5.10 Å². The minimum absolute atomic E-state index is 0.0838. The average molecular weight is 362 g/mol. The number of aryl methyl sites for hydroxylation is 2. The number of hydrogen-bond donors (Lipinski definition) is 1. The Kier molecular flexibility index (Phi) is 4.89. The van der Waals surface area contributed by atoms with Crippen molar-refractivity contribution in [3.05, 3.63) is 63.9 Å². The zero-order valence-corrected chi connectivity index (χ0v) is 14.5. The molecule has 2 aromatic heterocycles. The Labute approximate surface area is 147 Å². The fourth-order valence-electron chi connectivity index (χ4n) is 2.37. The molecule has 0 unspecified atom stereocenters. The highest BCUT2D eigenvalue weighted by molar-refractivity contribution is 7.12. The molecule has 3 rings (SSSR count). The molecular weight excluding hydrogens is 346 g/mol. The van der Waals surface area contributed by atoms with Gasteiger partial charge in [-0.15, -0.1) is 11.3 Å². The van der Waals surface area contributed by atoms with E-state index in [4.69, 9.17) is 0 Å². The highest BCUT2D eigenvalue weighted by Crippen LogP contribution is 2.17. The van der Waals surface area contributed by atoms with E-state index < -0.39 is 17.5 Å². The van der Waals surface area contributed by atoms with Crippen molar-refractivity contribution in [2.24, 2.45) is 0 Å². The molecule has 2 heterocycles. The summed E-state index contributed by atoms with van der Waals surface area (Å²) in [7, 11) is 0. The molecular formula is C17H16F2N4OS. The summed E-state index contributed by atoms with van der Waals surface area (Å²) in [6.45, 7) is 4.23. The first-order valence-corrected chi connectivity index (χ1v) is 8.53. The fraction of sp³-hybridized carbons (Fsp3) is 0.235. The summed E-state index contributed by atoms with van der Waals surface area (Å²) in [5, 5.41) is 9.74. The quantitative estimate of drug-likeness (QED) is 0.758. The molecule has 130 valence electrons. The first-order chi connectivity index (χ1) is 11.9. The second-order valence-electron chi connectivity index (χ2n) is 5.60. The predicted molar refractivity (Wildman–Crippen MR) is 91.1 cm³/mol. The first-order valence-electron chi connectivity index (χ1n) is 7.65. The molecule has 1 amide bonds. The Morgan fingerprint density at radius 2 is 2.04 bits per heavy atom. The van der Waals surface area contributed by atoms with Crippen molar-refractivity contribution in [1.82, 2.24) is 20.1 Å². The zero-order chi connectivity index (χ0) is 18.0. The third-order valence-electron chi connectivity index (χ3n) is 3.58. The summed E-state index contributed by atoms with van der Waals surface area (Å²) in [5.74, 6) is -2.47. The van der Waals surface area contributed by atoms with Gasteiger partial charge in [-0.1, -0.05) is 0 Å². The van der Waals surface area contributed by atoms with E-state index >= 15 is 0 Å². The maximum absolute atomic E-state index is 13.2. The van der Waals surface area contributed by atoms with Crippen LogP contribution in [0, 0.1) is 25.5 Å². The van der Waals surface area contributed by atoms with Gasteiger partial charge in [0.15, 0.2) is 11.6 Å². The van der Waals surface area contributed by atoms with Crippen LogP contribution in [-0.4, -0.2) is 27.2 Å². The van der Waals surface area contributed by atoms with Gasteiger partial charge in [0, 0.05) is 29.6 Å². The number of nitrogens with zero attached hydrogens (tertiary/aromatic N) is 3. The van der Waals surface area contributed by atoms with Crippen molar-refractivity contribution >= 4 is 17.2 Å². The number of thiazole rings is 1. The van der Waals surface area contributed by atoms with Gasteiger partial charge >= 0.3 is 0 Å². The predicted octanol–water partition coefficient (Wildman–Crippen LogP) is 3.20. The van der Waals surface area contributed by atoms with Crippen molar-refractivity contribution in [1.29, 1.82) is 0 Å². The second kappa shape index (κ2) is 7.10. The molecule has 0 radical (unpaired) electrons. The monoisotopic (exact) mass is 362 g/mol. The Bertz CT molecular complexity index is 919. The van der Waals surface area contributed by atoms with Gasteiger partial charge in [0.25, 0.3) is 5.91 Å². The molecule has 0 atom stereocenters. The van der Waals surface area contributed by atoms with E-state index in [1.165, 1.54) is 17.4 Å². The number of carbonyl (C=O) groups excluding carboxylic acids is 1. The summed E-state index contributed by atoms with van der Waals surface area (Å²) in [5.41, 5.74) is 2.84. The van der Waals surface area contributed by atoms with Crippen LogP contribution in [0.4, 0.5) is 8.78 Å². The van der Waals surface area contributed by atoms with Gasteiger partial charge in [-0.25, -0.2) is 18.4 Å². The van der Waals surface area contributed by atoms with E-state index in [1.807, 2.05) is 25.3 Å². The van der Waals surface area contributed by atoms with Crippen LogP contribution >= 0.6 is 11.3 Å². The molecule has 1 aromatic carbocycles. The van der Waals surface area contributed by atoms with Gasteiger partial charge in [-0.05, 0) is 38.1 Å². The molecule has 0 spiro atoms. The molecule has 0 saturated carbocycles. The van der Waals surface area contributed by atoms with Crippen LogP contribution in [0.2, 0.25) is 0 Å². The molecule has 1 N–H and O–H groups in total. The van der Waals surface area contributed by atoms with E-state index in [1.54, 1.807) is 4.68 Å². The van der Waals surface area contributed by atoms with Gasteiger partial charge in [0.05, 0.1) is 11.4 Å². The topological polar surface area (TPSA) is 59.8 Å².